The van der Waals surface area contributed by atoms with Crippen LogP contribution < -0.4 is 5.32 Å². The maximum Gasteiger partial charge on any atom is 0.317 e. The second kappa shape index (κ2) is 9.53. The van der Waals surface area contributed by atoms with Gasteiger partial charge in [-0.05, 0) is 38.1 Å². The van der Waals surface area contributed by atoms with Crippen molar-refractivity contribution in [2.45, 2.75) is 26.4 Å². The first-order chi connectivity index (χ1) is 13.2. The molecule has 0 saturated carbocycles. The van der Waals surface area contributed by atoms with E-state index < -0.39 is 0 Å². The van der Waals surface area contributed by atoms with E-state index in [0.29, 0.717) is 32.8 Å². The van der Waals surface area contributed by atoms with E-state index in [-0.39, 0.29) is 12.1 Å². The first kappa shape index (κ1) is 19.4. The molecule has 1 aliphatic heterocycles. The van der Waals surface area contributed by atoms with Crippen LogP contribution in [0.4, 0.5) is 4.79 Å². The van der Waals surface area contributed by atoms with E-state index in [1.54, 1.807) is 11.1 Å². The fourth-order valence-electron chi connectivity index (χ4n) is 3.26. The summed E-state index contributed by atoms with van der Waals surface area (Å²) in [5.74, 6) is 1.64. The molecule has 3 rings (SSSR count). The molecule has 2 aromatic heterocycles. The number of pyridine rings is 1. The first-order valence-corrected chi connectivity index (χ1v) is 9.48. The van der Waals surface area contributed by atoms with Gasteiger partial charge in [0.25, 0.3) is 0 Å². The SMILES string of the molecule is CCN(Cc1ccc(C)o1)C(=O)NC[C@H](c1ccccn1)N1CCOCC1. The lowest BCUT2D eigenvalue weighted by atomic mass is 10.1. The molecule has 0 radical (unpaired) electrons. The quantitative estimate of drug-likeness (QED) is 0.809. The summed E-state index contributed by atoms with van der Waals surface area (Å²) in [7, 11) is 0. The van der Waals surface area contributed by atoms with E-state index in [1.807, 2.05) is 44.2 Å². The largest absolute Gasteiger partial charge is 0.464 e. The van der Waals surface area contributed by atoms with Crippen LogP contribution in [0.1, 0.15) is 30.2 Å². The highest BCUT2D eigenvalue weighted by atomic mass is 16.5. The number of furan rings is 1. The van der Waals surface area contributed by atoms with Crippen LogP contribution in [-0.2, 0) is 11.3 Å². The Bertz CT molecular complexity index is 713. The molecule has 2 amide bonds. The molecule has 1 aliphatic rings. The van der Waals surface area contributed by atoms with Crippen LogP contribution in [0.15, 0.2) is 40.9 Å². The number of urea groups is 1. The number of hydrogen-bond acceptors (Lipinski definition) is 5. The van der Waals surface area contributed by atoms with Crippen molar-refractivity contribution in [2.24, 2.45) is 0 Å². The minimum absolute atomic E-state index is 0.0311. The lowest BCUT2D eigenvalue weighted by Crippen LogP contribution is -2.46. The van der Waals surface area contributed by atoms with Gasteiger partial charge >= 0.3 is 6.03 Å². The Kier molecular flexibility index (Phi) is 6.84. The predicted octanol–water partition coefficient (Wildman–Crippen LogP) is 2.59. The first-order valence-electron chi connectivity index (χ1n) is 9.48. The molecule has 27 heavy (non-hydrogen) atoms. The van der Waals surface area contributed by atoms with Crippen molar-refractivity contribution in [1.29, 1.82) is 0 Å². The molecule has 0 aliphatic carbocycles. The molecule has 0 spiro atoms. The van der Waals surface area contributed by atoms with Gasteiger partial charge in [0.05, 0.1) is 31.5 Å². The van der Waals surface area contributed by atoms with E-state index in [2.05, 4.69) is 15.2 Å². The Hall–Kier alpha value is -2.38. The second-order valence-corrected chi connectivity index (χ2v) is 6.63. The van der Waals surface area contributed by atoms with Crippen molar-refractivity contribution in [2.75, 3.05) is 39.4 Å². The lowest BCUT2D eigenvalue weighted by Gasteiger charge is -2.34. The van der Waals surface area contributed by atoms with E-state index in [1.165, 1.54) is 0 Å². The topological polar surface area (TPSA) is 70.8 Å². The summed E-state index contributed by atoms with van der Waals surface area (Å²) in [6, 6.07) is 9.66. The van der Waals surface area contributed by atoms with Crippen molar-refractivity contribution in [3.8, 4) is 0 Å². The molecule has 0 bridgehead atoms. The van der Waals surface area contributed by atoms with Gasteiger partial charge in [-0.25, -0.2) is 4.79 Å². The summed E-state index contributed by atoms with van der Waals surface area (Å²) in [6.45, 7) is 8.52. The summed E-state index contributed by atoms with van der Waals surface area (Å²) >= 11 is 0. The molecule has 3 heterocycles. The van der Waals surface area contributed by atoms with Gasteiger partial charge in [0, 0.05) is 32.4 Å². The highest BCUT2D eigenvalue weighted by Gasteiger charge is 2.25. The number of hydrogen-bond donors (Lipinski definition) is 1. The molecule has 2 aromatic rings. The maximum atomic E-state index is 12.7. The Morgan fingerprint density at radius 1 is 1.30 bits per heavy atom. The zero-order valence-electron chi connectivity index (χ0n) is 16.1. The Morgan fingerprint density at radius 2 is 2.11 bits per heavy atom. The number of carbonyl (C=O) groups is 1. The smallest absolute Gasteiger partial charge is 0.317 e. The number of ether oxygens (including phenoxy) is 1. The molecular weight excluding hydrogens is 344 g/mol. The highest BCUT2D eigenvalue weighted by Crippen LogP contribution is 2.19. The summed E-state index contributed by atoms with van der Waals surface area (Å²) in [5.41, 5.74) is 0.962. The van der Waals surface area contributed by atoms with Crippen molar-refractivity contribution in [3.63, 3.8) is 0 Å². The maximum absolute atomic E-state index is 12.7. The normalized spacial score (nSPS) is 16.1. The summed E-state index contributed by atoms with van der Waals surface area (Å²) in [4.78, 5) is 21.3. The number of nitrogens with zero attached hydrogens (tertiary/aromatic N) is 3. The van der Waals surface area contributed by atoms with Crippen LogP contribution in [0.2, 0.25) is 0 Å². The third kappa shape index (κ3) is 5.30. The van der Waals surface area contributed by atoms with Gasteiger partial charge in [-0.15, -0.1) is 0 Å². The predicted molar refractivity (Wildman–Crippen MR) is 102 cm³/mol. The summed E-state index contributed by atoms with van der Waals surface area (Å²) in [5, 5.41) is 3.08. The van der Waals surface area contributed by atoms with E-state index in [4.69, 9.17) is 9.15 Å². The molecule has 1 fully saturated rings. The van der Waals surface area contributed by atoms with Crippen LogP contribution >= 0.6 is 0 Å². The second-order valence-electron chi connectivity index (χ2n) is 6.63. The summed E-state index contributed by atoms with van der Waals surface area (Å²) in [6.07, 6.45) is 1.79. The fraction of sp³-hybridized carbons (Fsp3) is 0.500. The van der Waals surface area contributed by atoms with Gasteiger partial charge in [-0.1, -0.05) is 6.07 Å². The van der Waals surface area contributed by atoms with Gasteiger partial charge in [-0.3, -0.25) is 9.88 Å². The van der Waals surface area contributed by atoms with E-state index >= 15 is 0 Å². The van der Waals surface area contributed by atoms with Gasteiger partial charge in [0.1, 0.15) is 11.5 Å². The fourth-order valence-corrected chi connectivity index (χ4v) is 3.26. The molecule has 0 aromatic carbocycles. The number of rotatable bonds is 7. The Labute approximate surface area is 160 Å². The van der Waals surface area contributed by atoms with Crippen LogP contribution in [-0.4, -0.2) is 60.2 Å². The molecule has 0 unspecified atom stereocenters. The average molecular weight is 372 g/mol. The molecule has 1 saturated heterocycles. The third-order valence-corrected chi connectivity index (χ3v) is 4.77. The lowest BCUT2D eigenvalue weighted by molar-refractivity contribution is 0.0156. The van der Waals surface area contributed by atoms with E-state index in [0.717, 1.165) is 30.3 Å². The zero-order chi connectivity index (χ0) is 19.1. The van der Waals surface area contributed by atoms with Crippen LogP contribution in [0, 0.1) is 6.92 Å². The van der Waals surface area contributed by atoms with E-state index in [9.17, 15) is 4.79 Å². The Balaban J connectivity index is 1.63. The van der Waals surface area contributed by atoms with Crippen molar-refractivity contribution < 1.29 is 13.9 Å². The van der Waals surface area contributed by atoms with Gasteiger partial charge in [-0.2, -0.15) is 0 Å². The monoisotopic (exact) mass is 372 g/mol. The van der Waals surface area contributed by atoms with Gasteiger partial charge in [0.2, 0.25) is 0 Å². The van der Waals surface area contributed by atoms with Crippen molar-refractivity contribution in [3.05, 3.63) is 53.7 Å². The Morgan fingerprint density at radius 3 is 2.74 bits per heavy atom. The number of aromatic nitrogens is 1. The minimum atomic E-state index is -0.0965. The number of aryl methyl sites for hydroxylation is 1. The third-order valence-electron chi connectivity index (χ3n) is 4.77. The highest BCUT2D eigenvalue weighted by molar-refractivity contribution is 5.74. The average Bonchev–Trinajstić information content (AvgIpc) is 3.12. The van der Waals surface area contributed by atoms with Gasteiger partial charge in [0.15, 0.2) is 0 Å². The zero-order valence-corrected chi connectivity index (χ0v) is 16.1. The molecular formula is C20H28N4O3. The van der Waals surface area contributed by atoms with Crippen LogP contribution in [0.3, 0.4) is 0 Å². The molecule has 7 heteroatoms. The number of amides is 2. The summed E-state index contributed by atoms with van der Waals surface area (Å²) < 4.78 is 11.1. The molecule has 7 nitrogen and oxygen atoms in total. The minimum Gasteiger partial charge on any atom is -0.464 e. The van der Waals surface area contributed by atoms with Crippen LogP contribution in [0.5, 0.6) is 0 Å². The number of nitrogens with one attached hydrogen (secondary N) is 1. The van der Waals surface area contributed by atoms with Crippen LogP contribution in [0.25, 0.3) is 0 Å². The van der Waals surface area contributed by atoms with Crippen molar-refractivity contribution >= 4 is 6.03 Å². The van der Waals surface area contributed by atoms with Gasteiger partial charge < -0.3 is 19.4 Å². The number of carbonyl (C=O) groups excluding carboxylic acids is 1. The number of morpholine rings is 1. The standard InChI is InChI=1S/C20H28N4O3/c1-3-23(15-17-8-7-16(2)27-17)20(25)22-14-19(18-6-4-5-9-21-18)24-10-12-26-13-11-24/h4-9,19H,3,10-15H2,1-2H3,(H,22,25)/t19-/m1/s1. The molecule has 1 atom stereocenters. The molecule has 146 valence electrons. The molecule has 1 N–H and O–H groups in total. The van der Waals surface area contributed by atoms with Crippen molar-refractivity contribution in [1.82, 2.24) is 20.1 Å².